The lowest BCUT2D eigenvalue weighted by molar-refractivity contribution is 0.0906. The van der Waals surface area contributed by atoms with Gasteiger partial charge in [0.25, 0.3) is 5.91 Å². The highest BCUT2D eigenvalue weighted by Gasteiger charge is 2.26. The van der Waals surface area contributed by atoms with Crippen LogP contribution in [0, 0.1) is 5.82 Å². The minimum absolute atomic E-state index is 0. The second-order valence-electron chi connectivity index (χ2n) is 6.71. The number of rotatable bonds is 6. The van der Waals surface area contributed by atoms with Gasteiger partial charge in [0.15, 0.2) is 0 Å². The fourth-order valence-electron chi connectivity index (χ4n) is 3.13. The normalized spacial score (nSPS) is 12.7. The zero-order valence-electron chi connectivity index (χ0n) is 15.2. The first-order chi connectivity index (χ1) is 12.5. The summed E-state index contributed by atoms with van der Waals surface area (Å²) < 4.78 is 13.8. The van der Waals surface area contributed by atoms with E-state index >= 15 is 0 Å². The molecule has 3 rings (SSSR count). The highest BCUT2D eigenvalue weighted by Crippen LogP contribution is 2.20. The molecule has 0 saturated carbocycles. The number of pyridine rings is 1. The van der Waals surface area contributed by atoms with Crippen LogP contribution in [-0.2, 0) is 6.42 Å². The third-order valence-corrected chi connectivity index (χ3v) is 4.37. The first-order valence-corrected chi connectivity index (χ1v) is 8.52. The van der Waals surface area contributed by atoms with Gasteiger partial charge in [0.1, 0.15) is 11.3 Å². The van der Waals surface area contributed by atoms with Gasteiger partial charge in [0, 0.05) is 17.1 Å². The second kappa shape index (κ2) is 8.82. The summed E-state index contributed by atoms with van der Waals surface area (Å²) >= 11 is 0. The molecule has 1 amide bonds. The van der Waals surface area contributed by atoms with Crippen molar-refractivity contribution in [1.82, 2.24) is 10.3 Å². The monoisotopic (exact) mass is 382 g/mol. The highest BCUT2D eigenvalue weighted by atomic mass is 32.1. The average Bonchev–Trinajstić information content (AvgIpc) is 2.62. The molecule has 0 saturated heterocycles. The summed E-state index contributed by atoms with van der Waals surface area (Å²) in [5.41, 5.74) is 1.33. The number of hydrogen-bond donors (Lipinski definition) is 1. The maximum absolute atomic E-state index is 13.8. The van der Waals surface area contributed by atoms with E-state index in [-0.39, 0.29) is 24.9 Å². The number of fused-ring (bicyclic) bond motifs is 1. The fraction of sp³-hybridized carbons (Fsp3) is 0.182. The molecule has 0 aliphatic heterocycles. The third-order valence-electron chi connectivity index (χ3n) is 4.37. The lowest BCUT2D eigenvalue weighted by Gasteiger charge is -2.30. The van der Waals surface area contributed by atoms with E-state index in [1.165, 1.54) is 12.3 Å². The molecule has 0 bridgehead atoms. The summed E-state index contributed by atoms with van der Waals surface area (Å²) in [6.45, 7) is 5.81. The number of hydrogen-bond acceptors (Lipinski definition) is 2. The van der Waals surface area contributed by atoms with Crippen LogP contribution >= 0.6 is 13.5 Å². The highest BCUT2D eigenvalue weighted by molar-refractivity contribution is 7.59. The van der Waals surface area contributed by atoms with Crippen LogP contribution in [0.2, 0.25) is 0 Å². The zero-order valence-corrected chi connectivity index (χ0v) is 16.2. The van der Waals surface area contributed by atoms with E-state index in [0.29, 0.717) is 23.8 Å². The quantitative estimate of drug-likeness (QED) is 0.623. The standard InChI is InChI=1S/C22H21FN2O.H2S/c1-3-12-22(2,14-16-8-5-4-6-9-16)25-21(26)18-13-17-10-7-11-19(23)20(17)24-15-18;/h3-11,13,15H,1,12,14H2,2H3,(H,25,26);1H2/t22-;/m0./s1. The first kappa shape index (κ1) is 20.6. The summed E-state index contributed by atoms with van der Waals surface area (Å²) in [6, 6.07) is 16.4. The van der Waals surface area contributed by atoms with E-state index in [9.17, 15) is 9.18 Å². The second-order valence-corrected chi connectivity index (χ2v) is 6.71. The smallest absolute Gasteiger partial charge is 0.253 e. The minimum atomic E-state index is -0.475. The van der Waals surface area contributed by atoms with E-state index in [1.807, 2.05) is 37.3 Å². The SMILES string of the molecule is C=CC[C@@](C)(Cc1ccccc1)NC(=O)c1cnc2c(F)cccc2c1.S. The van der Waals surface area contributed by atoms with Gasteiger partial charge in [-0.1, -0.05) is 48.5 Å². The lowest BCUT2D eigenvalue weighted by Crippen LogP contribution is -2.47. The van der Waals surface area contributed by atoms with Gasteiger partial charge in [-0.3, -0.25) is 9.78 Å². The Labute approximate surface area is 165 Å². The van der Waals surface area contributed by atoms with Gasteiger partial charge >= 0.3 is 0 Å². The van der Waals surface area contributed by atoms with E-state index < -0.39 is 11.4 Å². The van der Waals surface area contributed by atoms with Crippen molar-refractivity contribution in [3.63, 3.8) is 0 Å². The largest absolute Gasteiger partial charge is 0.346 e. The molecular weight excluding hydrogens is 359 g/mol. The predicted molar refractivity (Wildman–Crippen MR) is 113 cm³/mol. The van der Waals surface area contributed by atoms with E-state index in [4.69, 9.17) is 0 Å². The van der Waals surface area contributed by atoms with Crippen LogP contribution in [-0.4, -0.2) is 16.4 Å². The summed E-state index contributed by atoms with van der Waals surface area (Å²) in [6.07, 6.45) is 4.53. The maximum atomic E-state index is 13.8. The molecule has 0 fully saturated rings. The Bertz CT molecular complexity index is 945. The van der Waals surface area contributed by atoms with Crippen LogP contribution in [0.1, 0.15) is 29.3 Å². The molecule has 5 heteroatoms. The molecule has 3 nitrogen and oxygen atoms in total. The number of nitrogens with one attached hydrogen (secondary N) is 1. The molecule has 1 heterocycles. The average molecular weight is 383 g/mol. The first-order valence-electron chi connectivity index (χ1n) is 8.52. The van der Waals surface area contributed by atoms with Crippen molar-refractivity contribution in [3.8, 4) is 0 Å². The van der Waals surface area contributed by atoms with Gasteiger partial charge in [0.05, 0.1) is 5.56 Å². The van der Waals surface area contributed by atoms with Gasteiger partial charge in [-0.25, -0.2) is 4.39 Å². The lowest BCUT2D eigenvalue weighted by atomic mass is 9.89. The van der Waals surface area contributed by atoms with Crippen LogP contribution in [0.4, 0.5) is 4.39 Å². The van der Waals surface area contributed by atoms with Gasteiger partial charge in [-0.2, -0.15) is 13.5 Å². The number of carbonyl (C=O) groups excluding carboxylic acids is 1. The Hall–Kier alpha value is -2.66. The summed E-state index contributed by atoms with van der Waals surface area (Å²) in [5, 5.41) is 3.70. The molecule has 0 unspecified atom stereocenters. The van der Waals surface area contributed by atoms with Crippen molar-refractivity contribution in [1.29, 1.82) is 0 Å². The molecular formula is C22H23FN2OS. The van der Waals surface area contributed by atoms with Crippen molar-refractivity contribution in [2.45, 2.75) is 25.3 Å². The van der Waals surface area contributed by atoms with Crippen LogP contribution in [0.15, 0.2) is 73.4 Å². The van der Waals surface area contributed by atoms with Crippen LogP contribution < -0.4 is 5.32 Å². The summed E-state index contributed by atoms with van der Waals surface area (Å²) in [5.74, 6) is -0.626. The van der Waals surface area contributed by atoms with Gasteiger partial charge < -0.3 is 5.32 Å². The van der Waals surface area contributed by atoms with Crippen LogP contribution in [0.3, 0.4) is 0 Å². The van der Waals surface area contributed by atoms with E-state index in [2.05, 4.69) is 16.9 Å². The Balaban J connectivity index is 0.00000261. The molecule has 1 aromatic heterocycles. The molecule has 1 atom stereocenters. The molecule has 140 valence electrons. The molecule has 2 aromatic carbocycles. The molecule has 0 radical (unpaired) electrons. The Morgan fingerprint density at radius 3 is 2.67 bits per heavy atom. The van der Waals surface area contributed by atoms with Crippen LogP contribution in [0.5, 0.6) is 0 Å². The molecule has 1 N–H and O–H groups in total. The van der Waals surface area contributed by atoms with Crippen molar-refractivity contribution in [2.75, 3.05) is 0 Å². The summed E-state index contributed by atoms with van der Waals surface area (Å²) in [4.78, 5) is 16.9. The number of amides is 1. The number of halogens is 1. The van der Waals surface area contributed by atoms with Gasteiger partial charge in [0.2, 0.25) is 0 Å². The minimum Gasteiger partial charge on any atom is -0.346 e. The summed E-state index contributed by atoms with van der Waals surface area (Å²) in [7, 11) is 0. The molecule has 27 heavy (non-hydrogen) atoms. The maximum Gasteiger partial charge on any atom is 0.253 e. The number of aromatic nitrogens is 1. The van der Waals surface area contributed by atoms with Crippen molar-refractivity contribution in [2.24, 2.45) is 0 Å². The van der Waals surface area contributed by atoms with E-state index in [0.717, 1.165) is 5.56 Å². The zero-order chi connectivity index (χ0) is 18.6. The van der Waals surface area contributed by atoms with Gasteiger partial charge in [-0.05, 0) is 37.5 Å². The Morgan fingerprint density at radius 1 is 1.22 bits per heavy atom. The Morgan fingerprint density at radius 2 is 1.96 bits per heavy atom. The van der Waals surface area contributed by atoms with Crippen molar-refractivity contribution in [3.05, 3.63) is 90.4 Å². The van der Waals surface area contributed by atoms with Crippen molar-refractivity contribution >= 4 is 30.3 Å². The molecule has 0 aliphatic rings. The number of benzene rings is 2. The molecule has 3 aromatic rings. The number of carbonyl (C=O) groups is 1. The predicted octanol–water partition coefficient (Wildman–Crippen LogP) is 4.79. The Kier molecular flexibility index (Phi) is 6.75. The van der Waals surface area contributed by atoms with Crippen LogP contribution in [0.25, 0.3) is 10.9 Å². The number of para-hydroxylation sites is 1. The van der Waals surface area contributed by atoms with Gasteiger partial charge in [-0.15, -0.1) is 6.58 Å². The fourth-order valence-corrected chi connectivity index (χ4v) is 3.13. The third kappa shape index (κ3) is 4.95. The topological polar surface area (TPSA) is 42.0 Å². The molecule has 0 spiro atoms. The number of nitrogens with zero attached hydrogens (tertiary/aromatic N) is 1. The van der Waals surface area contributed by atoms with Crippen molar-refractivity contribution < 1.29 is 9.18 Å². The molecule has 0 aliphatic carbocycles. The van der Waals surface area contributed by atoms with E-state index in [1.54, 1.807) is 24.3 Å².